The minimum absolute atomic E-state index is 0.136. The highest BCUT2D eigenvalue weighted by Crippen LogP contribution is 2.05. The number of pyridine rings is 1. The molecule has 0 saturated carbocycles. The van der Waals surface area contributed by atoms with Gasteiger partial charge in [-0.15, -0.1) is 0 Å². The highest BCUT2D eigenvalue weighted by molar-refractivity contribution is 5.14. The quantitative estimate of drug-likeness (QED) is 0.737. The fourth-order valence-electron chi connectivity index (χ4n) is 2.09. The van der Waals surface area contributed by atoms with Gasteiger partial charge in [0.05, 0.1) is 0 Å². The van der Waals surface area contributed by atoms with Gasteiger partial charge in [0.25, 0.3) is 5.56 Å². The molecule has 0 unspecified atom stereocenters. The highest BCUT2D eigenvalue weighted by Gasteiger charge is 1.98. The molecule has 0 radical (unpaired) electrons. The van der Waals surface area contributed by atoms with Crippen LogP contribution in [0.5, 0.6) is 0 Å². The molecule has 0 fully saturated rings. The van der Waals surface area contributed by atoms with Crippen molar-refractivity contribution in [3.63, 3.8) is 0 Å². The molecule has 2 heteroatoms. The monoisotopic (exact) mass is 241 g/mol. The summed E-state index contributed by atoms with van der Waals surface area (Å²) in [5.41, 5.74) is 2.33. The molecule has 2 nitrogen and oxygen atoms in total. The lowest BCUT2D eigenvalue weighted by Gasteiger charge is -2.06. The van der Waals surface area contributed by atoms with E-state index in [4.69, 9.17) is 0 Å². The van der Waals surface area contributed by atoms with Crippen LogP contribution in [0.4, 0.5) is 0 Å². The van der Waals surface area contributed by atoms with Gasteiger partial charge in [-0.05, 0) is 37.8 Å². The molecule has 1 aromatic carbocycles. The lowest BCUT2D eigenvalue weighted by atomic mass is 10.1. The first-order chi connectivity index (χ1) is 8.77. The summed E-state index contributed by atoms with van der Waals surface area (Å²) in [6.45, 7) is 2.68. The van der Waals surface area contributed by atoms with Crippen LogP contribution in [0.1, 0.15) is 24.0 Å². The van der Waals surface area contributed by atoms with Gasteiger partial charge < -0.3 is 4.57 Å². The van der Waals surface area contributed by atoms with Gasteiger partial charge >= 0.3 is 0 Å². The van der Waals surface area contributed by atoms with E-state index in [0.717, 1.165) is 31.4 Å². The van der Waals surface area contributed by atoms with Gasteiger partial charge in [0.2, 0.25) is 0 Å². The lowest BCUT2D eigenvalue weighted by Crippen LogP contribution is -2.21. The van der Waals surface area contributed by atoms with E-state index in [-0.39, 0.29) is 5.56 Å². The normalized spacial score (nSPS) is 10.5. The Morgan fingerprint density at radius 2 is 1.78 bits per heavy atom. The van der Waals surface area contributed by atoms with E-state index in [1.165, 1.54) is 5.56 Å². The Kier molecular flexibility index (Phi) is 4.35. The third-order valence-electron chi connectivity index (χ3n) is 3.17. The van der Waals surface area contributed by atoms with Crippen LogP contribution in [-0.4, -0.2) is 4.57 Å². The standard InChI is InChI=1S/C16H19NO/c1-14-8-7-13-17(16(14)18)12-6-5-11-15-9-3-2-4-10-15/h2-4,7-10,13H,5-6,11-12H2,1H3. The van der Waals surface area contributed by atoms with Crippen LogP contribution in [0.25, 0.3) is 0 Å². The fourth-order valence-corrected chi connectivity index (χ4v) is 2.09. The summed E-state index contributed by atoms with van der Waals surface area (Å²) in [6, 6.07) is 14.3. The molecule has 1 aromatic heterocycles. The number of nitrogens with zero attached hydrogens (tertiary/aromatic N) is 1. The molecular formula is C16H19NO. The first kappa shape index (κ1) is 12.6. The zero-order chi connectivity index (χ0) is 12.8. The number of hydrogen-bond donors (Lipinski definition) is 0. The molecule has 0 aliphatic heterocycles. The fraction of sp³-hybridized carbons (Fsp3) is 0.312. The Hall–Kier alpha value is -1.83. The van der Waals surface area contributed by atoms with Gasteiger partial charge in [-0.2, -0.15) is 0 Å². The van der Waals surface area contributed by atoms with E-state index in [1.54, 1.807) is 4.57 Å². The van der Waals surface area contributed by atoms with Crippen LogP contribution in [0.15, 0.2) is 53.5 Å². The Bertz CT molecular complexity index is 543. The Balaban J connectivity index is 1.82. The molecule has 2 rings (SSSR count). The van der Waals surface area contributed by atoms with E-state index < -0.39 is 0 Å². The second kappa shape index (κ2) is 6.20. The molecule has 0 atom stereocenters. The Labute approximate surface area is 108 Å². The topological polar surface area (TPSA) is 22.0 Å². The zero-order valence-corrected chi connectivity index (χ0v) is 10.8. The van der Waals surface area contributed by atoms with Crippen molar-refractivity contribution in [3.8, 4) is 0 Å². The number of rotatable bonds is 5. The van der Waals surface area contributed by atoms with Crippen molar-refractivity contribution in [3.05, 3.63) is 70.1 Å². The molecule has 18 heavy (non-hydrogen) atoms. The molecule has 0 saturated heterocycles. The molecule has 94 valence electrons. The van der Waals surface area contributed by atoms with Gasteiger partial charge in [0.15, 0.2) is 0 Å². The van der Waals surface area contributed by atoms with Gasteiger partial charge in [-0.1, -0.05) is 36.4 Å². The van der Waals surface area contributed by atoms with Gasteiger partial charge in [-0.3, -0.25) is 4.79 Å². The summed E-state index contributed by atoms with van der Waals surface area (Å²) < 4.78 is 1.81. The third kappa shape index (κ3) is 3.33. The first-order valence-electron chi connectivity index (χ1n) is 6.47. The van der Waals surface area contributed by atoms with Crippen molar-refractivity contribution < 1.29 is 0 Å². The summed E-state index contributed by atoms with van der Waals surface area (Å²) >= 11 is 0. The minimum Gasteiger partial charge on any atom is -0.315 e. The van der Waals surface area contributed by atoms with Crippen LogP contribution in [-0.2, 0) is 13.0 Å². The second-order valence-corrected chi connectivity index (χ2v) is 4.63. The van der Waals surface area contributed by atoms with E-state index >= 15 is 0 Å². The van der Waals surface area contributed by atoms with Crippen molar-refractivity contribution in [2.24, 2.45) is 0 Å². The number of unbranched alkanes of at least 4 members (excludes halogenated alkanes) is 1. The maximum atomic E-state index is 11.8. The predicted molar refractivity (Wildman–Crippen MR) is 74.8 cm³/mol. The Morgan fingerprint density at radius 1 is 1.00 bits per heavy atom. The summed E-state index contributed by atoms with van der Waals surface area (Å²) in [5.74, 6) is 0. The summed E-state index contributed by atoms with van der Waals surface area (Å²) in [4.78, 5) is 11.8. The largest absolute Gasteiger partial charge is 0.315 e. The number of hydrogen-bond acceptors (Lipinski definition) is 1. The van der Waals surface area contributed by atoms with Gasteiger partial charge in [0.1, 0.15) is 0 Å². The molecule has 0 N–H and O–H groups in total. The maximum absolute atomic E-state index is 11.8. The van der Waals surface area contributed by atoms with Crippen LogP contribution < -0.4 is 5.56 Å². The van der Waals surface area contributed by atoms with Crippen molar-refractivity contribution in [2.75, 3.05) is 0 Å². The number of aryl methyl sites for hydroxylation is 3. The smallest absolute Gasteiger partial charge is 0.253 e. The molecule has 0 aliphatic rings. The minimum atomic E-state index is 0.136. The summed E-state index contributed by atoms with van der Waals surface area (Å²) in [6.07, 6.45) is 5.11. The average Bonchev–Trinajstić information content (AvgIpc) is 2.40. The lowest BCUT2D eigenvalue weighted by molar-refractivity contribution is 0.591. The predicted octanol–water partition coefficient (Wildman–Crippen LogP) is 3.18. The second-order valence-electron chi connectivity index (χ2n) is 4.63. The summed E-state index contributed by atoms with van der Waals surface area (Å²) in [7, 11) is 0. The van der Waals surface area contributed by atoms with Crippen molar-refractivity contribution in [2.45, 2.75) is 32.7 Å². The van der Waals surface area contributed by atoms with Crippen LogP contribution >= 0.6 is 0 Å². The SMILES string of the molecule is Cc1cccn(CCCCc2ccccc2)c1=O. The number of aromatic nitrogens is 1. The molecule has 0 aliphatic carbocycles. The Morgan fingerprint density at radius 3 is 2.56 bits per heavy atom. The summed E-state index contributed by atoms with van der Waals surface area (Å²) in [5, 5.41) is 0. The van der Waals surface area contributed by atoms with Gasteiger partial charge in [-0.25, -0.2) is 0 Å². The first-order valence-corrected chi connectivity index (χ1v) is 6.47. The van der Waals surface area contributed by atoms with E-state index in [2.05, 4.69) is 24.3 Å². The average molecular weight is 241 g/mol. The third-order valence-corrected chi connectivity index (χ3v) is 3.17. The van der Waals surface area contributed by atoms with E-state index in [0.29, 0.717) is 0 Å². The highest BCUT2D eigenvalue weighted by atomic mass is 16.1. The van der Waals surface area contributed by atoms with Crippen molar-refractivity contribution in [1.29, 1.82) is 0 Å². The zero-order valence-electron chi connectivity index (χ0n) is 10.8. The van der Waals surface area contributed by atoms with Crippen LogP contribution in [0.2, 0.25) is 0 Å². The molecular weight excluding hydrogens is 222 g/mol. The van der Waals surface area contributed by atoms with Gasteiger partial charge in [0, 0.05) is 18.3 Å². The molecule has 0 bridgehead atoms. The molecule has 2 aromatic rings. The van der Waals surface area contributed by atoms with Crippen molar-refractivity contribution >= 4 is 0 Å². The van der Waals surface area contributed by atoms with Crippen LogP contribution in [0.3, 0.4) is 0 Å². The molecule has 0 spiro atoms. The number of benzene rings is 1. The molecule has 1 heterocycles. The maximum Gasteiger partial charge on any atom is 0.253 e. The van der Waals surface area contributed by atoms with E-state index in [9.17, 15) is 4.79 Å². The molecule has 0 amide bonds. The van der Waals surface area contributed by atoms with Crippen LogP contribution in [0, 0.1) is 6.92 Å². The van der Waals surface area contributed by atoms with E-state index in [1.807, 2.05) is 31.3 Å². The van der Waals surface area contributed by atoms with Crippen molar-refractivity contribution in [1.82, 2.24) is 4.57 Å².